The van der Waals surface area contributed by atoms with Crippen LogP contribution >= 0.6 is 0 Å². The molecule has 126 valence electrons. The summed E-state index contributed by atoms with van der Waals surface area (Å²) in [5, 5.41) is 5.22. The van der Waals surface area contributed by atoms with Crippen molar-refractivity contribution in [3.63, 3.8) is 0 Å². The summed E-state index contributed by atoms with van der Waals surface area (Å²) < 4.78 is 5.88. The van der Waals surface area contributed by atoms with Crippen LogP contribution in [0.2, 0.25) is 0 Å². The number of rotatable bonds is 7. The zero-order valence-corrected chi connectivity index (χ0v) is 13.9. The Morgan fingerprint density at radius 2 is 1.71 bits per heavy atom. The molecular formula is C19H22N2O3. The number of hydrogen-bond acceptors (Lipinski definition) is 3. The van der Waals surface area contributed by atoms with Crippen LogP contribution in [-0.2, 0) is 4.79 Å². The molecule has 2 rings (SSSR count). The highest BCUT2D eigenvalue weighted by molar-refractivity contribution is 5.94. The van der Waals surface area contributed by atoms with E-state index in [1.54, 1.807) is 31.3 Å². The minimum Gasteiger partial charge on any atom is -0.486 e. The summed E-state index contributed by atoms with van der Waals surface area (Å²) in [6.45, 7) is 2.29. The van der Waals surface area contributed by atoms with E-state index in [2.05, 4.69) is 10.6 Å². The van der Waals surface area contributed by atoms with E-state index in [-0.39, 0.29) is 24.3 Å². The van der Waals surface area contributed by atoms with Crippen LogP contribution in [0.4, 0.5) is 0 Å². The van der Waals surface area contributed by atoms with Crippen LogP contribution in [0.1, 0.15) is 35.4 Å². The Kier molecular flexibility index (Phi) is 6.37. The molecule has 0 aromatic heterocycles. The minimum absolute atomic E-state index is 0.0709. The summed E-state index contributed by atoms with van der Waals surface area (Å²) in [6, 6.07) is 16.9. The molecule has 2 aromatic carbocycles. The first-order valence-corrected chi connectivity index (χ1v) is 7.90. The van der Waals surface area contributed by atoms with E-state index >= 15 is 0 Å². The zero-order chi connectivity index (χ0) is 17.4. The lowest BCUT2D eigenvalue weighted by Gasteiger charge is -2.15. The van der Waals surface area contributed by atoms with Crippen LogP contribution in [0.25, 0.3) is 0 Å². The topological polar surface area (TPSA) is 67.4 Å². The molecule has 24 heavy (non-hydrogen) atoms. The van der Waals surface area contributed by atoms with Gasteiger partial charge in [0.2, 0.25) is 5.91 Å². The van der Waals surface area contributed by atoms with E-state index in [4.69, 9.17) is 4.74 Å². The number of carbonyl (C=O) groups is 2. The Bertz CT molecular complexity index is 669. The Hall–Kier alpha value is -2.82. The second kappa shape index (κ2) is 8.72. The van der Waals surface area contributed by atoms with Gasteiger partial charge in [-0.15, -0.1) is 0 Å². The monoisotopic (exact) mass is 326 g/mol. The normalized spacial score (nSPS) is 11.4. The van der Waals surface area contributed by atoms with Crippen LogP contribution in [-0.4, -0.2) is 25.4 Å². The number of benzene rings is 2. The number of hydrogen-bond donors (Lipinski definition) is 2. The van der Waals surface area contributed by atoms with E-state index in [9.17, 15) is 9.59 Å². The second-order valence-electron chi connectivity index (χ2n) is 5.37. The van der Waals surface area contributed by atoms with Gasteiger partial charge in [-0.1, -0.05) is 30.3 Å². The van der Waals surface area contributed by atoms with Gasteiger partial charge >= 0.3 is 0 Å². The van der Waals surface area contributed by atoms with Crippen molar-refractivity contribution in [1.29, 1.82) is 0 Å². The van der Waals surface area contributed by atoms with Crippen molar-refractivity contribution in [3.8, 4) is 5.75 Å². The van der Waals surface area contributed by atoms with Gasteiger partial charge in [0, 0.05) is 25.6 Å². The highest BCUT2D eigenvalue weighted by atomic mass is 16.5. The highest BCUT2D eigenvalue weighted by Gasteiger charge is 2.09. The molecule has 0 aliphatic heterocycles. The summed E-state index contributed by atoms with van der Waals surface area (Å²) in [5.41, 5.74) is 1.63. The number of ether oxygens (including phenoxy) is 1. The lowest BCUT2D eigenvalue weighted by atomic mass is 10.1. The quantitative estimate of drug-likeness (QED) is 0.822. The fraction of sp³-hybridized carbons (Fsp3) is 0.263. The van der Waals surface area contributed by atoms with Crippen molar-refractivity contribution in [3.05, 3.63) is 65.7 Å². The maximum absolute atomic E-state index is 12.0. The van der Waals surface area contributed by atoms with Crippen LogP contribution in [0.5, 0.6) is 5.75 Å². The SMILES string of the molecule is CNC(=O)CCNC(=O)c1ccc(OC(C)c2ccccc2)cc1. The van der Waals surface area contributed by atoms with Gasteiger partial charge in [-0.05, 0) is 36.8 Å². The van der Waals surface area contributed by atoms with Crippen LogP contribution in [0, 0.1) is 0 Å². The van der Waals surface area contributed by atoms with Crippen molar-refractivity contribution in [2.75, 3.05) is 13.6 Å². The van der Waals surface area contributed by atoms with Gasteiger partial charge in [-0.2, -0.15) is 0 Å². The van der Waals surface area contributed by atoms with Crippen molar-refractivity contribution in [2.24, 2.45) is 0 Å². The third-order valence-corrected chi connectivity index (χ3v) is 3.61. The van der Waals surface area contributed by atoms with Crippen molar-refractivity contribution in [1.82, 2.24) is 10.6 Å². The minimum atomic E-state index is -0.207. The summed E-state index contributed by atoms with van der Waals surface area (Å²) in [5.74, 6) is 0.392. The highest BCUT2D eigenvalue weighted by Crippen LogP contribution is 2.21. The van der Waals surface area contributed by atoms with Crippen LogP contribution in [0.3, 0.4) is 0 Å². The molecular weight excluding hydrogens is 304 g/mol. The van der Waals surface area contributed by atoms with Crippen molar-refractivity contribution < 1.29 is 14.3 Å². The number of amides is 2. The average Bonchev–Trinajstić information content (AvgIpc) is 2.62. The van der Waals surface area contributed by atoms with Crippen molar-refractivity contribution in [2.45, 2.75) is 19.4 Å². The average molecular weight is 326 g/mol. The molecule has 5 nitrogen and oxygen atoms in total. The van der Waals surface area contributed by atoms with Gasteiger partial charge in [0.25, 0.3) is 5.91 Å². The molecule has 0 fully saturated rings. The van der Waals surface area contributed by atoms with Gasteiger partial charge in [0.15, 0.2) is 0 Å². The van der Waals surface area contributed by atoms with Crippen molar-refractivity contribution >= 4 is 11.8 Å². The molecule has 5 heteroatoms. The standard InChI is InChI=1S/C19H22N2O3/c1-14(15-6-4-3-5-7-15)24-17-10-8-16(9-11-17)19(23)21-13-12-18(22)20-2/h3-11,14H,12-13H2,1-2H3,(H,20,22)(H,21,23). The van der Waals surface area contributed by atoms with Crippen LogP contribution < -0.4 is 15.4 Å². The summed E-state index contributed by atoms with van der Waals surface area (Å²) in [4.78, 5) is 23.1. The van der Waals surface area contributed by atoms with E-state index in [0.717, 1.165) is 5.56 Å². The number of carbonyl (C=O) groups excluding carboxylic acids is 2. The number of nitrogens with one attached hydrogen (secondary N) is 2. The maximum atomic E-state index is 12.0. The van der Waals surface area contributed by atoms with E-state index in [1.807, 2.05) is 37.3 Å². The molecule has 0 aliphatic carbocycles. The lowest BCUT2D eigenvalue weighted by molar-refractivity contribution is -0.120. The van der Waals surface area contributed by atoms with Gasteiger partial charge in [0.05, 0.1) is 0 Å². The Morgan fingerprint density at radius 3 is 2.33 bits per heavy atom. The molecule has 2 aromatic rings. The first-order valence-electron chi connectivity index (χ1n) is 7.90. The summed E-state index contributed by atoms with van der Waals surface area (Å²) in [6.07, 6.45) is 0.191. The summed E-state index contributed by atoms with van der Waals surface area (Å²) in [7, 11) is 1.57. The fourth-order valence-corrected chi connectivity index (χ4v) is 2.20. The molecule has 0 heterocycles. The van der Waals surface area contributed by atoms with Gasteiger partial charge < -0.3 is 15.4 Å². The Labute approximate surface area is 142 Å². The zero-order valence-electron chi connectivity index (χ0n) is 13.9. The molecule has 2 amide bonds. The first-order chi connectivity index (χ1) is 11.6. The molecule has 2 N–H and O–H groups in total. The first kappa shape index (κ1) is 17.5. The molecule has 0 saturated heterocycles. The molecule has 0 radical (unpaired) electrons. The lowest BCUT2D eigenvalue weighted by Crippen LogP contribution is -2.29. The molecule has 0 aliphatic rings. The predicted molar refractivity (Wildman–Crippen MR) is 92.9 cm³/mol. The van der Waals surface area contributed by atoms with E-state index in [1.165, 1.54) is 0 Å². The third-order valence-electron chi connectivity index (χ3n) is 3.61. The smallest absolute Gasteiger partial charge is 0.251 e. The maximum Gasteiger partial charge on any atom is 0.251 e. The third kappa shape index (κ3) is 5.12. The fourth-order valence-electron chi connectivity index (χ4n) is 2.20. The van der Waals surface area contributed by atoms with Gasteiger partial charge in [-0.3, -0.25) is 9.59 Å². The predicted octanol–water partition coefficient (Wildman–Crippen LogP) is 2.69. The Morgan fingerprint density at radius 1 is 1.04 bits per heavy atom. The Balaban J connectivity index is 1.88. The molecule has 0 saturated carbocycles. The summed E-state index contributed by atoms with van der Waals surface area (Å²) >= 11 is 0. The molecule has 0 bridgehead atoms. The molecule has 1 unspecified atom stereocenters. The van der Waals surface area contributed by atoms with Gasteiger partial charge in [0.1, 0.15) is 11.9 Å². The van der Waals surface area contributed by atoms with E-state index in [0.29, 0.717) is 17.9 Å². The van der Waals surface area contributed by atoms with Gasteiger partial charge in [-0.25, -0.2) is 0 Å². The molecule has 1 atom stereocenters. The second-order valence-corrected chi connectivity index (χ2v) is 5.37. The van der Waals surface area contributed by atoms with Crippen LogP contribution in [0.15, 0.2) is 54.6 Å². The van der Waals surface area contributed by atoms with E-state index < -0.39 is 0 Å². The molecule has 0 spiro atoms. The largest absolute Gasteiger partial charge is 0.486 e.